The molecule has 2 rings (SSSR count). The fourth-order valence-corrected chi connectivity index (χ4v) is 2.32. The van der Waals surface area contributed by atoms with Crippen LogP contribution >= 0.6 is 0 Å². The first-order valence-corrected chi connectivity index (χ1v) is 4.53. The maximum atomic E-state index is 3.36. The molecule has 0 aromatic heterocycles. The van der Waals surface area contributed by atoms with E-state index in [0.717, 1.165) is 11.8 Å². The molecule has 0 spiro atoms. The molecule has 1 nitrogen and oxygen atoms in total. The fraction of sp³-hybridized carbons (Fsp3) is 0.889. The standard InChI is InChI=1S/C9H16N/c1-2-4-9-7-10-6-5-8(9)3-1/h7-10H,1-6H2/t8-,9-/m1/s1. The molecule has 1 aliphatic carbocycles. The van der Waals surface area contributed by atoms with E-state index in [1.54, 1.807) is 0 Å². The van der Waals surface area contributed by atoms with E-state index in [1.807, 2.05) is 0 Å². The molecule has 0 aromatic rings. The van der Waals surface area contributed by atoms with Gasteiger partial charge in [-0.2, -0.15) is 0 Å². The van der Waals surface area contributed by atoms with Gasteiger partial charge in [0.2, 0.25) is 0 Å². The highest BCUT2D eigenvalue weighted by Crippen LogP contribution is 2.34. The second-order valence-electron chi connectivity index (χ2n) is 3.62. The van der Waals surface area contributed by atoms with Crippen molar-refractivity contribution in [3.8, 4) is 0 Å². The van der Waals surface area contributed by atoms with Crippen molar-refractivity contribution in [1.29, 1.82) is 0 Å². The molecule has 0 aromatic carbocycles. The van der Waals surface area contributed by atoms with E-state index < -0.39 is 0 Å². The Morgan fingerprint density at radius 1 is 1.10 bits per heavy atom. The van der Waals surface area contributed by atoms with Crippen molar-refractivity contribution in [2.24, 2.45) is 11.8 Å². The first-order chi connectivity index (χ1) is 4.97. The minimum Gasteiger partial charge on any atom is -0.312 e. The molecule has 1 aliphatic heterocycles. The van der Waals surface area contributed by atoms with E-state index in [-0.39, 0.29) is 0 Å². The maximum Gasteiger partial charge on any atom is 0.0254 e. The van der Waals surface area contributed by atoms with Crippen LogP contribution in [0.5, 0.6) is 0 Å². The molecule has 0 bridgehead atoms. The highest BCUT2D eigenvalue weighted by atomic mass is 14.9. The molecular formula is C9H16N. The highest BCUT2D eigenvalue weighted by Gasteiger charge is 2.27. The summed E-state index contributed by atoms with van der Waals surface area (Å²) in [5.74, 6) is 1.96. The van der Waals surface area contributed by atoms with Gasteiger partial charge in [0.05, 0.1) is 0 Å². The van der Waals surface area contributed by atoms with Crippen molar-refractivity contribution in [3.05, 3.63) is 6.54 Å². The van der Waals surface area contributed by atoms with Crippen molar-refractivity contribution >= 4 is 0 Å². The smallest absolute Gasteiger partial charge is 0.0254 e. The van der Waals surface area contributed by atoms with Crippen LogP contribution in [-0.2, 0) is 0 Å². The van der Waals surface area contributed by atoms with E-state index in [4.69, 9.17) is 0 Å². The Labute approximate surface area is 63.2 Å². The SMILES string of the molecule is [CH]1NCC[C@H]2CCCC[C@H]12. The van der Waals surface area contributed by atoms with Crippen LogP contribution in [0.1, 0.15) is 32.1 Å². The topological polar surface area (TPSA) is 12.0 Å². The predicted octanol–water partition coefficient (Wildman–Crippen LogP) is 1.95. The average Bonchev–Trinajstić information content (AvgIpc) is 2.05. The van der Waals surface area contributed by atoms with Crippen molar-refractivity contribution in [2.75, 3.05) is 6.54 Å². The number of rotatable bonds is 0. The van der Waals surface area contributed by atoms with Crippen molar-refractivity contribution in [3.63, 3.8) is 0 Å². The Morgan fingerprint density at radius 3 is 2.90 bits per heavy atom. The van der Waals surface area contributed by atoms with Crippen molar-refractivity contribution < 1.29 is 0 Å². The summed E-state index contributed by atoms with van der Waals surface area (Å²) in [5, 5.41) is 3.36. The van der Waals surface area contributed by atoms with Crippen LogP contribution in [0.25, 0.3) is 0 Å². The quantitative estimate of drug-likeness (QED) is 0.539. The van der Waals surface area contributed by atoms with Crippen LogP contribution in [0.15, 0.2) is 0 Å². The van der Waals surface area contributed by atoms with Gasteiger partial charge < -0.3 is 5.32 Å². The molecule has 2 atom stereocenters. The van der Waals surface area contributed by atoms with Crippen LogP contribution in [-0.4, -0.2) is 6.54 Å². The molecule has 1 heteroatoms. The van der Waals surface area contributed by atoms with Crippen molar-refractivity contribution in [1.82, 2.24) is 5.32 Å². The van der Waals surface area contributed by atoms with Gasteiger partial charge in [-0.05, 0) is 31.2 Å². The van der Waals surface area contributed by atoms with E-state index in [0.29, 0.717) is 0 Å². The van der Waals surface area contributed by atoms with Crippen LogP contribution < -0.4 is 5.32 Å². The summed E-state index contributed by atoms with van der Waals surface area (Å²) < 4.78 is 0. The molecule has 2 fully saturated rings. The van der Waals surface area contributed by atoms with E-state index in [9.17, 15) is 0 Å². The fourth-order valence-electron chi connectivity index (χ4n) is 2.32. The lowest BCUT2D eigenvalue weighted by Crippen LogP contribution is -2.34. The second-order valence-corrected chi connectivity index (χ2v) is 3.62. The number of piperidine rings is 1. The first kappa shape index (κ1) is 6.66. The van der Waals surface area contributed by atoms with E-state index >= 15 is 0 Å². The molecule has 1 heterocycles. The number of hydrogen-bond acceptors (Lipinski definition) is 1. The molecule has 1 radical (unpaired) electrons. The van der Waals surface area contributed by atoms with Gasteiger partial charge in [-0.1, -0.05) is 19.3 Å². The summed E-state index contributed by atoms with van der Waals surface area (Å²) in [5.41, 5.74) is 0. The molecule has 1 saturated carbocycles. The third-order valence-corrected chi connectivity index (χ3v) is 2.96. The zero-order chi connectivity index (χ0) is 6.81. The van der Waals surface area contributed by atoms with Gasteiger partial charge in [0.25, 0.3) is 0 Å². The Morgan fingerprint density at radius 2 is 2.00 bits per heavy atom. The summed E-state index contributed by atoms with van der Waals surface area (Å²) >= 11 is 0. The van der Waals surface area contributed by atoms with Gasteiger partial charge in [-0.3, -0.25) is 0 Å². The first-order valence-electron chi connectivity index (χ1n) is 4.53. The lowest BCUT2D eigenvalue weighted by molar-refractivity contribution is 0.216. The Balaban J connectivity index is 1.93. The average molecular weight is 138 g/mol. The van der Waals surface area contributed by atoms with Gasteiger partial charge >= 0.3 is 0 Å². The lowest BCUT2D eigenvalue weighted by atomic mass is 9.76. The van der Waals surface area contributed by atoms with Gasteiger partial charge in [-0.15, -0.1) is 0 Å². The molecular weight excluding hydrogens is 122 g/mol. The van der Waals surface area contributed by atoms with Gasteiger partial charge in [-0.25, -0.2) is 0 Å². The Kier molecular flexibility index (Phi) is 1.94. The van der Waals surface area contributed by atoms with Crippen LogP contribution in [0.4, 0.5) is 0 Å². The lowest BCUT2D eigenvalue weighted by Gasteiger charge is -2.35. The molecule has 1 saturated heterocycles. The Bertz CT molecular complexity index is 85.3. The van der Waals surface area contributed by atoms with Crippen LogP contribution in [0, 0.1) is 18.4 Å². The summed E-state index contributed by atoms with van der Waals surface area (Å²) in [6.45, 7) is 3.56. The summed E-state index contributed by atoms with van der Waals surface area (Å²) in [6, 6.07) is 0. The minimum absolute atomic E-state index is 0.919. The third kappa shape index (κ3) is 1.20. The summed E-state index contributed by atoms with van der Waals surface area (Å²) in [7, 11) is 0. The molecule has 2 aliphatic rings. The zero-order valence-electron chi connectivity index (χ0n) is 6.47. The molecule has 0 unspecified atom stereocenters. The highest BCUT2D eigenvalue weighted by molar-refractivity contribution is 4.88. The summed E-state index contributed by atoms with van der Waals surface area (Å²) in [4.78, 5) is 0. The minimum atomic E-state index is 0.919. The van der Waals surface area contributed by atoms with Gasteiger partial charge in [0.15, 0.2) is 0 Å². The Hall–Kier alpha value is -0.0400. The normalized spacial score (nSPS) is 40.8. The number of hydrogen-bond donors (Lipinski definition) is 1. The predicted molar refractivity (Wildman–Crippen MR) is 42.4 cm³/mol. The van der Waals surface area contributed by atoms with Crippen LogP contribution in [0.3, 0.4) is 0 Å². The zero-order valence-corrected chi connectivity index (χ0v) is 6.47. The number of nitrogens with one attached hydrogen (secondary N) is 1. The van der Waals surface area contributed by atoms with Crippen LogP contribution in [0.2, 0.25) is 0 Å². The molecule has 1 N–H and O–H groups in total. The van der Waals surface area contributed by atoms with Gasteiger partial charge in [0, 0.05) is 6.54 Å². The monoisotopic (exact) mass is 138 g/mol. The second kappa shape index (κ2) is 2.91. The van der Waals surface area contributed by atoms with Gasteiger partial charge in [0.1, 0.15) is 0 Å². The maximum absolute atomic E-state index is 3.36. The number of fused-ring (bicyclic) bond motifs is 1. The largest absolute Gasteiger partial charge is 0.312 e. The molecule has 10 heavy (non-hydrogen) atoms. The van der Waals surface area contributed by atoms with Crippen molar-refractivity contribution in [2.45, 2.75) is 32.1 Å². The van der Waals surface area contributed by atoms with E-state index in [1.165, 1.54) is 38.6 Å². The molecule has 57 valence electrons. The molecule has 0 amide bonds. The summed E-state index contributed by atoms with van der Waals surface area (Å²) in [6.07, 6.45) is 7.29. The third-order valence-electron chi connectivity index (χ3n) is 2.96. The van der Waals surface area contributed by atoms with E-state index in [2.05, 4.69) is 11.9 Å².